The van der Waals surface area contributed by atoms with Crippen molar-refractivity contribution in [2.75, 3.05) is 6.54 Å². The van der Waals surface area contributed by atoms with E-state index in [1.807, 2.05) is 0 Å². The quantitative estimate of drug-likeness (QED) is 0.845. The molecule has 1 aliphatic carbocycles. The summed E-state index contributed by atoms with van der Waals surface area (Å²) in [5.41, 5.74) is -0.0310. The molecule has 0 bridgehead atoms. The minimum Gasteiger partial charge on any atom is -0.434 e. The number of rotatable bonds is 6. The monoisotopic (exact) mass is 312 g/mol. The molecule has 2 amide bonds. The second-order valence-corrected chi connectivity index (χ2v) is 5.11. The van der Waals surface area contributed by atoms with Gasteiger partial charge < -0.3 is 15.4 Å². The van der Waals surface area contributed by atoms with Crippen LogP contribution in [0.15, 0.2) is 24.3 Å². The molecule has 7 heteroatoms. The first-order valence-electron chi connectivity index (χ1n) is 7.17. The molecular formula is C15H18F2N2O3. The summed E-state index contributed by atoms with van der Waals surface area (Å²) in [4.78, 5) is 23.7. The van der Waals surface area contributed by atoms with E-state index in [0.29, 0.717) is 0 Å². The van der Waals surface area contributed by atoms with E-state index in [1.54, 1.807) is 0 Å². The van der Waals surface area contributed by atoms with Crippen LogP contribution in [0.3, 0.4) is 0 Å². The Labute approximate surface area is 127 Å². The van der Waals surface area contributed by atoms with E-state index in [-0.39, 0.29) is 29.8 Å². The first-order chi connectivity index (χ1) is 10.6. The van der Waals surface area contributed by atoms with E-state index in [1.165, 1.54) is 24.3 Å². The molecule has 2 N–H and O–H groups in total. The number of alkyl halides is 2. The van der Waals surface area contributed by atoms with Crippen LogP contribution in [0.25, 0.3) is 0 Å². The Morgan fingerprint density at radius 2 is 1.91 bits per heavy atom. The van der Waals surface area contributed by atoms with Crippen LogP contribution in [0.1, 0.15) is 36.0 Å². The Balaban J connectivity index is 1.87. The van der Waals surface area contributed by atoms with E-state index in [4.69, 9.17) is 0 Å². The van der Waals surface area contributed by atoms with E-state index in [0.717, 1.165) is 25.7 Å². The molecule has 22 heavy (non-hydrogen) atoms. The van der Waals surface area contributed by atoms with Gasteiger partial charge in [0, 0.05) is 6.04 Å². The van der Waals surface area contributed by atoms with Crippen molar-refractivity contribution in [3.05, 3.63) is 29.8 Å². The van der Waals surface area contributed by atoms with Crippen molar-refractivity contribution in [3.63, 3.8) is 0 Å². The Morgan fingerprint density at radius 1 is 1.23 bits per heavy atom. The lowest BCUT2D eigenvalue weighted by Crippen LogP contribution is -2.41. The Morgan fingerprint density at radius 3 is 2.59 bits per heavy atom. The zero-order chi connectivity index (χ0) is 15.9. The van der Waals surface area contributed by atoms with Gasteiger partial charge in [-0.05, 0) is 25.0 Å². The van der Waals surface area contributed by atoms with Crippen LogP contribution in [-0.4, -0.2) is 31.0 Å². The van der Waals surface area contributed by atoms with Gasteiger partial charge >= 0.3 is 6.61 Å². The molecule has 1 aromatic rings. The topological polar surface area (TPSA) is 67.4 Å². The smallest absolute Gasteiger partial charge is 0.387 e. The third kappa shape index (κ3) is 4.68. The zero-order valence-electron chi connectivity index (χ0n) is 12.0. The van der Waals surface area contributed by atoms with Gasteiger partial charge in [0.1, 0.15) is 5.75 Å². The molecule has 0 unspecified atom stereocenters. The minimum atomic E-state index is -3.01. The highest BCUT2D eigenvalue weighted by atomic mass is 19.3. The van der Waals surface area contributed by atoms with Crippen molar-refractivity contribution >= 4 is 11.8 Å². The van der Waals surface area contributed by atoms with Crippen molar-refractivity contribution in [2.45, 2.75) is 38.3 Å². The maximum Gasteiger partial charge on any atom is 0.387 e. The molecule has 120 valence electrons. The SMILES string of the molecule is O=C(CNC(=O)c1ccccc1OC(F)F)NC1CCCC1. The second-order valence-electron chi connectivity index (χ2n) is 5.11. The van der Waals surface area contributed by atoms with Crippen LogP contribution in [0.2, 0.25) is 0 Å². The van der Waals surface area contributed by atoms with E-state index in [9.17, 15) is 18.4 Å². The summed E-state index contributed by atoms with van der Waals surface area (Å²) in [5.74, 6) is -1.13. The molecule has 1 saturated carbocycles. The molecule has 0 spiro atoms. The summed E-state index contributed by atoms with van der Waals surface area (Å²) in [6.45, 7) is -3.21. The van der Waals surface area contributed by atoms with Crippen molar-refractivity contribution < 1.29 is 23.1 Å². The second kappa shape index (κ2) is 7.72. The van der Waals surface area contributed by atoms with Gasteiger partial charge in [-0.15, -0.1) is 0 Å². The number of para-hydroxylation sites is 1. The molecule has 1 fully saturated rings. The van der Waals surface area contributed by atoms with E-state index >= 15 is 0 Å². The summed E-state index contributed by atoms with van der Waals surface area (Å²) < 4.78 is 28.9. The molecule has 0 atom stereocenters. The first kappa shape index (κ1) is 16.2. The lowest BCUT2D eigenvalue weighted by Gasteiger charge is -2.13. The maximum absolute atomic E-state index is 12.3. The van der Waals surface area contributed by atoms with Crippen LogP contribution in [-0.2, 0) is 4.79 Å². The number of nitrogens with one attached hydrogen (secondary N) is 2. The molecule has 0 radical (unpaired) electrons. The molecule has 0 heterocycles. The number of ether oxygens (including phenoxy) is 1. The summed E-state index contributed by atoms with van der Waals surface area (Å²) in [7, 11) is 0. The predicted octanol–water partition coefficient (Wildman–Crippen LogP) is 2.08. The van der Waals surface area contributed by atoms with Crippen LogP contribution < -0.4 is 15.4 Å². The summed E-state index contributed by atoms with van der Waals surface area (Å²) >= 11 is 0. The number of carbonyl (C=O) groups excluding carboxylic acids is 2. The highest BCUT2D eigenvalue weighted by Crippen LogP contribution is 2.20. The van der Waals surface area contributed by atoms with Gasteiger partial charge in [0.05, 0.1) is 12.1 Å². The van der Waals surface area contributed by atoms with Crippen LogP contribution in [0.4, 0.5) is 8.78 Å². The van der Waals surface area contributed by atoms with Gasteiger partial charge in [0.2, 0.25) is 5.91 Å². The van der Waals surface area contributed by atoms with Gasteiger partial charge in [0.25, 0.3) is 5.91 Å². The lowest BCUT2D eigenvalue weighted by atomic mass is 10.2. The van der Waals surface area contributed by atoms with Gasteiger partial charge in [0.15, 0.2) is 0 Å². The average Bonchev–Trinajstić information content (AvgIpc) is 2.97. The molecule has 0 saturated heterocycles. The molecule has 0 aliphatic heterocycles. The summed E-state index contributed by atoms with van der Waals surface area (Å²) in [6, 6.07) is 5.83. The average molecular weight is 312 g/mol. The van der Waals surface area contributed by atoms with Crippen LogP contribution >= 0.6 is 0 Å². The van der Waals surface area contributed by atoms with Crippen molar-refractivity contribution in [1.29, 1.82) is 0 Å². The number of hydrogen-bond acceptors (Lipinski definition) is 3. The highest BCUT2D eigenvalue weighted by molar-refractivity contribution is 5.98. The molecule has 1 aliphatic rings. The Hall–Kier alpha value is -2.18. The summed E-state index contributed by atoms with van der Waals surface area (Å²) in [6.07, 6.45) is 4.08. The fraction of sp³-hybridized carbons (Fsp3) is 0.467. The lowest BCUT2D eigenvalue weighted by molar-refractivity contribution is -0.120. The largest absolute Gasteiger partial charge is 0.434 e. The highest BCUT2D eigenvalue weighted by Gasteiger charge is 2.19. The third-order valence-corrected chi connectivity index (χ3v) is 3.48. The number of amides is 2. The molecule has 2 rings (SSSR count). The van der Waals surface area contributed by atoms with Crippen molar-refractivity contribution in [3.8, 4) is 5.75 Å². The van der Waals surface area contributed by atoms with Gasteiger partial charge in [-0.1, -0.05) is 25.0 Å². The minimum absolute atomic E-state index is 0.0310. The number of halogens is 2. The summed E-state index contributed by atoms with van der Waals surface area (Å²) in [5, 5.41) is 5.24. The Kier molecular flexibility index (Phi) is 5.68. The predicted molar refractivity (Wildman–Crippen MR) is 75.8 cm³/mol. The third-order valence-electron chi connectivity index (χ3n) is 3.48. The number of benzene rings is 1. The maximum atomic E-state index is 12.3. The van der Waals surface area contributed by atoms with Crippen molar-refractivity contribution in [2.24, 2.45) is 0 Å². The van der Waals surface area contributed by atoms with Crippen LogP contribution in [0.5, 0.6) is 5.75 Å². The fourth-order valence-corrected chi connectivity index (χ4v) is 2.46. The normalized spacial score (nSPS) is 14.9. The van der Waals surface area contributed by atoms with Gasteiger partial charge in [-0.25, -0.2) is 0 Å². The van der Waals surface area contributed by atoms with Crippen molar-refractivity contribution in [1.82, 2.24) is 10.6 Å². The fourth-order valence-electron chi connectivity index (χ4n) is 2.46. The molecule has 1 aromatic carbocycles. The van der Waals surface area contributed by atoms with E-state index in [2.05, 4.69) is 15.4 Å². The standard InChI is InChI=1S/C15H18F2N2O3/c16-15(17)22-12-8-4-3-7-11(12)14(21)18-9-13(20)19-10-5-1-2-6-10/h3-4,7-8,10,15H,1-2,5-6,9H2,(H,18,21)(H,19,20). The number of carbonyl (C=O) groups is 2. The molecular weight excluding hydrogens is 294 g/mol. The zero-order valence-corrected chi connectivity index (χ0v) is 12.0. The number of hydrogen-bond donors (Lipinski definition) is 2. The van der Waals surface area contributed by atoms with Crippen LogP contribution in [0, 0.1) is 0 Å². The Bertz CT molecular complexity index is 531. The molecule has 5 nitrogen and oxygen atoms in total. The first-order valence-corrected chi connectivity index (χ1v) is 7.17. The van der Waals surface area contributed by atoms with E-state index < -0.39 is 12.5 Å². The van der Waals surface area contributed by atoms with Gasteiger partial charge in [-0.3, -0.25) is 9.59 Å². The molecule has 0 aromatic heterocycles. The van der Waals surface area contributed by atoms with Gasteiger partial charge in [-0.2, -0.15) is 8.78 Å².